The summed E-state index contributed by atoms with van der Waals surface area (Å²) in [4.78, 5) is 13.5. The average molecular weight is 168 g/mol. The van der Waals surface area contributed by atoms with Crippen molar-refractivity contribution in [2.75, 3.05) is 7.11 Å². The number of pyridine rings is 1. The average Bonchev–Trinajstić information content (AvgIpc) is 2.03. The summed E-state index contributed by atoms with van der Waals surface area (Å²) in [5.41, 5.74) is 0.402. The molecule has 0 amide bonds. The van der Waals surface area contributed by atoms with Crippen LogP contribution in [0.4, 0.5) is 0 Å². The van der Waals surface area contributed by atoms with Gasteiger partial charge in [0, 0.05) is 11.0 Å². The van der Waals surface area contributed by atoms with Crippen molar-refractivity contribution in [2.24, 2.45) is 0 Å². The Kier molecular flexibility index (Phi) is 2.57. The summed E-state index contributed by atoms with van der Waals surface area (Å²) < 4.78 is 4.80. The van der Waals surface area contributed by atoms with Gasteiger partial charge in [0.25, 0.3) is 0 Å². The Labute approximate surface area is 69.1 Å². The van der Waals surface area contributed by atoms with Crippen molar-refractivity contribution in [3.8, 4) is 5.88 Å². The summed E-state index contributed by atoms with van der Waals surface area (Å²) in [6.07, 6.45) is 0. The van der Waals surface area contributed by atoms with Crippen LogP contribution in [0.1, 0.15) is 5.69 Å². The van der Waals surface area contributed by atoms with E-state index in [1.165, 1.54) is 7.11 Å². The molecule has 0 N–H and O–H groups in total. The molecule has 1 heterocycles. The second kappa shape index (κ2) is 3.66. The molecule has 1 aromatic heterocycles. The normalized spacial score (nSPS) is 9.42. The second-order valence-electron chi connectivity index (χ2n) is 2.16. The van der Waals surface area contributed by atoms with E-state index in [-0.39, 0.29) is 6.54 Å². The zero-order chi connectivity index (χ0) is 8.97. The van der Waals surface area contributed by atoms with Gasteiger partial charge in [0.05, 0.1) is 7.11 Å². The van der Waals surface area contributed by atoms with Crippen molar-refractivity contribution in [3.63, 3.8) is 0 Å². The van der Waals surface area contributed by atoms with E-state index in [0.29, 0.717) is 11.6 Å². The van der Waals surface area contributed by atoms with E-state index < -0.39 is 4.92 Å². The third-order valence-corrected chi connectivity index (χ3v) is 1.28. The molecule has 0 aliphatic rings. The maximum absolute atomic E-state index is 10.1. The van der Waals surface area contributed by atoms with Crippen LogP contribution in [0.25, 0.3) is 0 Å². The molecule has 5 nitrogen and oxygen atoms in total. The Morgan fingerprint density at radius 3 is 3.00 bits per heavy atom. The number of ether oxygens (including phenoxy) is 1. The zero-order valence-corrected chi connectivity index (χ0v) is 6.56. The quantitative estimate of drug-likeness (QED) is 0.496. The molecule has 5 heteroatoms. The standard InChI is InChI=1S/C7H8N2O3/c1-12-7-4-2-3-6(8-7)5-9(10)11/h2-4H,5H2,1H3. The Morgan fingerprint density at radius 1 is 1.67 bits per heavy atom. The van der Waals surface area contributed by atoms with Crippen LogP contribution in [-0.2, 0) is 6.54 Å². The first-order valence-corrected chi connectivity index (χ1v) is 3.34. The van der Waals surface area contributed by atoms with E-state index in [9.17, 15) is 10.1 Å². The summed E-state index contributed by atoms with van der Waals surface area (Å²) in [7, 11) is 1.47. The molecule has 0 fully saturated rings. The third kappa shape index (κ3) is 2.19. The molecule has 0 aliphatic heterocycles. The lowest BCUT2D eigenvalue weighted by Crippen LogP contribution is -2.01. The first kappa shape index (κ1) is 8.45. The highest BCUT2D eigenvalue weighted by Gasteiger charge is 2.03. The van der Waals surface area contributed by atoms with Crippen LogP contribution in [0.3, 0.4) is 0 Å². The number of nitrogens with zero attached hydrogens (tertiary/aromatic N) is 2. The third-order valence-electron chi connectivity index (χ3n) is 1.28. The highest BCUT2D eigenvalue weighted by atomic mass is 16.6. The molecular formula is C7H8N2O3. The summed E-state index contributed by atoms with van der Waals surface area (Å²) in [5, 5.41) is 10.1. The molecule has 12 heavy (non-hydrogen) atoms. The summed E-state index contributed by atoms with van der Waals surface area (Å²) in [6.45, 7) is -0.267. The minimum Gasteiger partial charge on any atom is -0.481 e. The van der Waals surface area contributed by atoms with E-state index in [2.05, 4.69) is 4.98 Å². The summed E-state index contributed by atoms with van der Waals surface area (Å²) in [5.74, 6) is 0.398. The number of methoxy groups -OCH3 is 1. The first-order valence-electron chi connectivity index (χ1n) is 3.34. The van der Waals surface area contributed by atoms with Crippen LogP contribution in [-0.4, -0.2) is 17.0 Å². The SMILES string of the molecule is COc1cccc(C[N+](=O)[O-])n1. The molecule has 1 aromatic rings. The number of nitro groups is 1. The topological polar surface area (TPSA) is 65.3 Å². The summed E-state index contributed by atoms with van der Waals surface area (Å²) in [6, 6.07) is 4.90. The minimum absolute atomic E-state index is 0.267. The molecule has 0 aromatic carbocycles. The Bertz CT molecular complexity index is 288. The van der Waals surface area contributed by atoms with E-state index in [0.717, 1.165) is 0 Å². The molecule has 0 aliphatic carbocycles. The van der Waals surface area contributed by atoms with E-state index >= 15 is 0 Å². The van der Waals surface area contributed by atoms with Gasteiger partial charge in [-0.1, -0.05) is 6.07 Å². The monoisotopic (exact) mass is 168 g/mol. The molecule has 0 saturated heterocycles. The van der Waals surface area contributed by atoms with Crippen molar-refractivity contribution in [2.45, 2.75) is 6.54 Å². The first-order chi connectivity index (χ1) is 5.72. The Hall–Kier alpha value is -1.65. The smallest absolute Gasteiger partial charge is 0.245 e. The molecule has 0 radical (unpaired) electrons. The number of aromatic nitrogens is 1. The fraction of sp³-hybridized carbons (Fsp3) is 0.286. The fourth-order valence-electron chi connectivity index (χ4n) is 0.792. The highest BCUT2D eigenvalue weighted by Crippen LogP contribution is 2.06. The molecule has 0 atom stereocenters. The van der Waals surface area contributed by atoms with Gasteiger partial charge < -0.3 is 4.74 Å². The Morgan fingerprint density at radius 2 is 2.42 bits per heavy atom. The van der Waals surface area contributed by atoms with Crippen LogP contribution in [0, 0.1) is 10.1 Å². The second-order valence-corrected chi connectivity index (χ2v) is 2.16. The lowest BCUT2D eigenvalue weighted by atomic mass is 10.3. The van der Waals surface area contributed by atoms with Gasteiger partial charge in [0.15, 0.2) is 0 Å². The van der Waals surface area contributed by atoms with Gasteiger partial charge in [-0.15, -0.1) is 0 Å². The molecule has 64 valence electrons. The van der Waals surface area contributed by atoms with Crippen molar-refractivity contribution in [3.05, 3.63) is 34.0 Å². The van der Waals surface area contributed by atoms with Crippen molar-refractivity contribution >= 4 is 0 Å². The van der Waals surface area contributed by atoms with Crippen LogP contribution in [0.5, 0.6) is 5.88 Å². The van der Waals surface area contributed by atoms with Gasteiger partial charge >= 0.3 is 0 Å². The molecule has 0 saturated carbocycles. The van der Waals surface area contributed by atoms with E-state index in [1.54, 1.807) is 18.2 Å². The van der Waals surface area contributed by atoms with E-state index in [4.69, 9.17) is 4.74 Å². The van der Waals surface area contributed by atoms with Gasteiger partial charge in [-0.3, -0.25) is 10.1 Å². The maximum atomic E-state index is 10.1. The number of hydrogen-bond donors (Lipinski definition) is 0. The van der Waals surface area contributed by atoms with Gasteiger partial charge in [-0.2, -0.15) is 0 Å². The lowest BCUT2D eigenvalue weighted by molar-refractivity contribution is -0.497. The van der Waals surface area contributed by atoms with Crippen molar-refractivity contribution in [1.29, 1.82) is 0 Å². The zero-order valence-electron chi connectivity index (χ0n) is 6.56. The number of rotatable bonds is 3. The Balaban J connectivity index is 2.79. The van der Waals surface area contributed by atoms with E-state index in [1.807, 2.05) is 0 Å². The maximum Gasteiger partial charge on any atom is 0.245 e. The van der Waals surface area contributed by atoms with Crippen LogP contribution in [0.2, 0.25) is 0 Å². The van der Waals surface area contributed by atoms with Gasteiger partial charge in [0.2, 0.25) is 12.4 Å². The van der Waals surface area contributed by atoms with Gasteiger partial charge in [-0.25, -0.2) is 4.98 Å². The minimum atomic E-state index is -0.429. The molecular weight excluding hydrogens is 160 g/mol. The molecule has 1 rings (SSSR count). The van der Waals surface area contributed by atoms with Gasteiger partial charge in [-0.05, 0) is 6.07 Å². The van der Waals surface area contributed by atoms with Crippen molar-refractivity contribution in [1.82, 2.24) is 4.98 Å². The molecule has 0 spiro atoms. The van der Waals surface area contributed by atoms with Crippen LogP contribution < -0.4 is 4.74 Å². The molecule has 0 unspecified atom stereocenters. The largest absolute Gasteiger partial charge is 0.481 e. The van der Waals surface area contributed by atoms with Crippen LogP contribution >= 0.6 is 0 Å². The van der Waals surface area contributed by atoms with Crippen molar-refractivity contribution < 1.29 is 9.66 Å². The van der Waals surface area contributed by atoms with Gasteiger partial charge in [0.1, 0.15) is 5.69 Å². The lowest BCUT2D eigenvalue weighted by Gasteiger charge is -1.98. The highest BCUT2D eigenvalue weighted by molar-refractivity contribution is 5.14. The fourth-order valence-corrected chi connectivity index (χ4v) is 0.792. The van der Waals surface area contributed by atoms with Crippen LogP contribution in [0.15, 0.2) is 18.2 Å². The predicted octanol–water partition coefficient (Wildman–Crippen LogP) is 0.867. The molecule has 0 bridgehead atoms. The number of hydrogen-bond acceptors (Lipinski definition) is 4. The predicted molar refractivity (Wildman–Crippen MR) is 41.5 cm³/mol. The summed E-state index contributed by atoms with van der Waals surface area (Å²) >= 11 is 0.